The molecule has 2 rings (SSSR count). The monoisotopic (exact) mass is 247 g/mol. The number of hydrogen-bond donors (Lipinski definition) is 2. The first-order chi connectivity index (χ1) is 8.72. The number of nitrogens with zero attached hydrogens (tertiary/aromatic N) is 1. The number of H-pyrrole nitrogens is 1. The Labute approximate surface area is 103 Å². The summed E-state index contributed by atoms with van der Waals surface area (Å²) < 4.78 is 10.7. The number of nitrogens with two attached hydrogens (primary N) is 1. The average Bonchev–Trinajstić information content (AvgIpc) is 2.39. The molecule has 3 N–H and O–H groups in total. The lowest BCUT2D eigenvalue weighted by molar-refractivity contribution is 0.373. The second kappa shape index (κ2) is 5.33. The van der Waals surface area contributed by atoms with E-state index in [1.807, 2.05) is 6.07 Å². The Balaban J connectivity index is 2.31. The van der Waals surface area contributed by atoms with Crippen LogP contribution in [0.1, 0.15) is 5.56 Å². The summed E-state index contributed by atoms with van der Waals surface area (Å²) in [5.41, 5.74) is 6.19. The summed E-state index contributed by atoms with van der Waals surface area (Å²) in [5.74, 6) is 1.23. The summed E-state index contributed by atoms with van der Waals surface area (Å²) in [5, 5.41) is 0. The number of ether oxygens (including phenoxy) is 2. The third-order valence-corrected chi connectivity index (χ3v) is 2.33. The molecule has 1 aromatic carbocycles. The van der Waals surface area contributed by atoms with Gasteiger partial charge in [-0.2, -0.15) is 0 Å². The third-order valence-electron chi connectivity index (χ3n) is 2.33. The average molecular weight is 247 g/mol. The van der Waals surface area contributed by atoms with Crippen molar-refractivity contribution in [2.45, 2.75) is 6.54 Å². The molecule has 1 heterocycles. The molecule has 0 atom stereocenters. The van der Waals surface area contributed by atoms with E-state index in [9.17, 15) is 4.79 Å². The molecule has 0 saturated heterocycles. The third kappa shape index (κ3) is 2.67. The lowest BCUT2D eigenvalue weighted by atomic mass is 10.2. The Bertz CT molecular complexity index is 595. The summed E-state index contributed by atoms with van der Waals surface area (Å²) in [6.07, 6.45) is 1.28. The highest BCUT2D eigenvalue weighted by atomic mass is 16.5. The minimum Gasteiger partial charge on any atom is -0.493 e. The number of methoxy groups -OCH3 is 1. The fourth-order valence-corrected chi connectivity index (χ4v) is 1.44. The number of aromatic amines is 1. The van der Waals surface area contributed by atoms with Gasteiger partial charge in [0.05, 0.1) is 19.5 Å². The molecule has 0 aliphatic carbocycles. The van der Waals surface area contributed by atoms with Crippen LogP contribution >= 0.6 is 0 Å². The van der Waals surface area contributed by atoms with Gasteiger partial charge in [0.1, 0.15) is 0 Å². The summed E-state index contributed by atoms with van der Waals surface area (Å²) in [7, 11) is 1.54. The Hall–Kier alpha value is -2.34. The van der Waals surface area contributed by atoms with Crippen molar-refractivity contribution >= 4 is 0 Å². The van der Waals surface area contributed by atoms with Crippen LogP contribution in [-0.4, -0.2) is 17.1 Å². The van der Waals surface area contributed by atoms with Gasteiger partial charge in [-0.05, 0) is 17.7 Å². The molecule has 0 radical (unpaired) electrons. The quantitative estimate of drug-likeness (QED) is 0.842. The molecule has 0 bridgehead atoms. The van der Waals surface area contributed by atoms with Crippen molar-refractivity contribution in [2.24, 2.45) is 5.73 Å². The summed E-state index contributed by atoms with van der Waals surface area (Å²) in [6, 6.07) is 6.59. The number of benzene rings is 1. The molecule has 0 spiro atoms. The molecule has 0 unspecified atom stereocenters. The Morgan fingerprint density at radius 3 is 2.83 bits per heavy atom. The highest BCUT2D eigenvalue weighted by Gasteiger charge is 2.07. The van der Waals surface area contributed by atoms with Gasteiger partial charge < -0.3 is 20.2 Å². The van der Waals surface area contributed by atoms with Crippen LogP contribution in [0.3, 0.4) is 0 Å². The van der Waals surface area contributed by atoms with Gasteiger partial charge in [0.15, 0.2) is 11.5 Å². The van der Waals surface area contributed by atoms with Crippen molar-refractivity contribution in [2.75, 3.05) is 7.11 Å². The summed E-state index contributed by atoms with van der Waals surface area (Å²) in [6.45, 7) is 0.417. The van der Waals surface area contributed by atoms with Gasteiger partial charge in [-0.25, -0.2) is 4.98 Å². The van der Waals surface area contributed by atoms with Crippen LogP contribution in [-0.2, 0) is 6.54 Å². The highest BCUT2D eigenvalue weighted by Crippen LogP contribution is 2.30. The first-order valence-electron chi connectivity index (χ1n) is 5.32. The standard InChI is InChI=1S/C12H13N3O3/c1-17-10-4-8(6-13)2-3-9(10)18-12-5-11(16)14-7-15-12/h2-5,7H,6,13H2,1H3,(H,14,15,16). The van der Waals surface area contributed by atoms with E-state index in [-0.39, 0.29) is 11.4 Å². The maximum atomic E-state index is 11.1. The smallest absolute Gasteiger partial charge is 0.254 e. The molecule has 0 aliphatic heterocycles. The normalized spacial score (nSPS) is 10.1. The van der Waals surface area contributed by atoms with Gasteiger partial charge in [-0.1, -0.05) is 6.07 Å². The van der Waals surface area contributed by atoms with Crippen LogP contribution in [0, 0.1) is 0 Å². The Morgan fingerprint density at radius 2 is 2.17 bits per heavy atom. The van der Waals surface area contributed by atoms with E-state index in [1.165, 1.54) is 19.5 Å². The number of nitrogens with one attached hydrogen (secondary N) is 1. The molecular formula is C12H13N3O3. The molecule has 1 aromatic heterocycles. The maximum absolute atomic E-state index is 11.1. The number of hydrogen-bond acceptors (Lipinski definition) is 5. The minimum atomic E-state index is -0.280. The molecule has 94 valence electrons. The van der Waals surface area contributed by atoms with Crippen molar-refractivity contribution in [3.63, 3.8) is 0 Å². The first-order valence-corrected chi connectivity index (χ1v) is 5.32. The van der Waals surface area contributed by atoms with Crippen molar-refractivity contribution in [1.82, 2.24) is 9.97 Å². The molecule has 0 aliphatic rings. The van der Waals surface area contributed by atoms with Crippen molar-refractivity contribution in [3.8, 4) is 17.4 Å². The molecule has 0 amide bonds. The van der Waals surface area contributed by atoms with E-state index in [4.69, 9.17) is 15.2 Å². The largest absolute Gasteiger partial charge is 0.493 e. The minimum absolute atomic E-state index is 0.206. The predicted octanol–water partition coefficient (Wildman–Crippen LogP) is 1.03. The van der Waals surface area contributed by atoms with E-state index in [1.54, 1.807) is 12.1 Å². The SMILES string of the molecule is COc1cc(CN)ccc1Oc1cc(=O)[nH]cn1. The lowest BCUT2D eigenvalue weighted by Gasteiger charge is -2.10. The molecule has 0 saturated carbocycles. The van der Waals surface area contributed by atoms with E-state index in [0.29, 0.717) is 18.0 Å². The van der Waals surface area contributed by atoms with Gasteiger partial charge >= 0.3 is 0 Å². The van der Waals surface area contributed by atoms with E-state index in [2.05, 4.69) is 9.97 Å². The van der Waals surface area contributed by atoms with Gasteiger partial charge in [-0.15, -0.1) is 0 Å². The Morgan fingerprint density at radius 1 is 1.33 bits per heavy atom. The van der Waals surface area contributed by atoms with Crippen LogP contribution in [0.4, 0.5) is 0 Å². The summed E-state index contributed by atoms with van der Waals surface area (Å²) in [4.78, 5) is 17.4. The molecule has 6 heteroatoms. The second-order valence-electron chi connectivity index (χ2n) is 3.54. The van der Waals surface area contributed by atoms with E-state index >= 15 is 0 Å². The van der Waals surface area contributed by atoms with Crippen LogP contribution in [0.25, 0.3) is 0 Å². The predicted molar refractivity (Wildman–Crippen MR) is 65.8 cm³/mol. The van der Waals surface area contributed by atoms with Gasteiger partial charge in [0.25, 0.3) is 5.56 Å². The number of aromatic nitrogens is 2. The van der Waals surface area contributed by atoms with Crippen molar-refractivity contribution in [1.29, 1.82) is 0 Å². The zero-order valence-electron chi connectivity index (χ0n) is 9.84. The molecule has 0 fully saturated rings. The summed E-state index contributed by atoms with van der Waals surface area (Å²) >= 11 is 0. The van der Waals surface area contributed by atoms with Crippen molar-refractivity contribution in [3.05, 3.63) is 46.5 Å². The number of rotatable bonds is 4. The fraction of sp³-hybridized carbons (Fsp3) is 0.167. The zero-order chi connectivity index (χ0) is 13.0. The van der Waals surface area contributed by atoms with Gasteiger partial charge in [0.2, 0.25) is 5.88 Å². The van der Waals surface area contributed by atoms with Crippen LogP contribution < -0.4 is 20.8 Å². The molecule has 18 heavy (non-hydrogen) atoms. The van der Waals surface area contributed by atoms with Gasteiger partial charge in [0, 0.05) is 6.54 Å². The van der Waals surface area contributed by atoms with Crippen LogP contribution in [0.15, 0.2) is 35.4 Å². The zero-order valence-corrected chi connectivity index (χ0v) is 9.84. The Kier molecular flexibility index (Phi) is 3.59. The maximum Gasteiger partial charge on any atom is 0.254 e. The molecule has 6 nitrogen and oxygen atoms in total. The topological polar surface area (TPSA) is 90.2 Å². The lowest BCUT2D eigenvalue weighted by Crippen LogP contribution is -2.05. The van der Waals surface area contributed by atoms with Crippen molar-refractivity contribution < 1.29 is 9.47 Å². The van der Waals surface area contributed by atoms with E-state index in [0.717, 1.165) is 5.56 Å². The first kappa shape index (κ1) is 12.1. The molecule has 2 aromatic rings. The second-order valence-corrected chi connectivity index (χ2v) is 3.54. The highest BCUT2D eigenvalue weighted by molar-refractivity contribution is 5.44. The van der Waals surface area contributed by atoms with Crippen LogP contribution in [0.2, 0.25) is 0 Å². The fourth-order valence-electron chi connectivity index (χ4n) is 1.44. The van der Waals surface area contributed by atoms with E-state index < -0.39 is 0 Å². The van der Waals surface area contributed by atoms with Gasteiger partial charge in [-0.3, -0.25) is 4.79 Å². The molecular weight excluding hydrogens is 234 g/mol. The van der Waals surface area contributed by atoms with Crippen LogP contribution in [0.5, 0.6) is 17.4 Å².